The predicted octanol–water partition coefficient (Wildman–Crippen LogP) is 3.78. The van der Waals surface area contributed by atoms with Crippen LogP contribution in [0.2, 0.25) is 0 Å². The summed E-state index contributed by atoms with van der Waals surface area (Å²) in [6.07, 6.45) is 4.98. The summed E-state index contributed by atoms with van der Waals surface area (Å²) in [6, 6.07) is 9.60. The third kappa shape index (κ3) is 4.04. The molecule has 5 nitrogen and oxygen atoms in total. The molecule has 1 amide bonds. The van der Waals surface area contributed by atoms with Gasteiger partial charge >= 0.3 is 6.09 Å². The fourth-order valence-corrected chi connectivity index (χ4v) is 5.00. The summed E-state index contributed by atoms with van der Waals surface area (Å²) in [5.74, 6) is 1.06. The van der Waals surface area contributed by atoms with Gasteiger partial charge in [0.1, 0.15) is 6.61 Å². The summed E-state index contributed by atoms with van der Waals surface area (Å²) in [6.45, 7) is 0.651. The van der Waals surface area contributed by atoms with E-state index in [1.54, 1.807) is 16.7 Å². The van der Waals surface area contributed by atoms with Gasteiger partial charge in [-0.05, 0) is 24.3 Å². The molecule has 0 radical (unpaired) electrons. The van der Waals surface area contributed by atoms with Crippen LogP contribution in [0.15, 0.2) is 30.3 Å². The van der Waals surface area contributed by atoms with E-state index in [1.807, 2.05) is 30.3 Å². The summed E-state index contributed by atoms with van der Waals surface area (Å²) in [4.78, 5) is 25.1. The summed E-state index contributed by atoms with van der Waals surface area (Å²) < 4.78 is 10.6. The molecule has 1 saturated heterocycles. The van der Waals surface area contributed by atoms with Crippen molar-refractivity contribution in [2.75, 3.05) is 5.75 Å². The lowest BCUT2D eigenvalue weighted by atomic mass is 9.88. The van der Waals surface area contributed by atoms with E-state index in [-0.39, 0.29) is 12.0 Å². The smallest absolute Gasteiger partial charge is 0.413 e. The Hall–Kier alpha value is -1.69. The summed E-state index contributed by atoms with van der Waals surface area (Å²) >= 11 is 1.70. The van der Waals surface area contributed by atoms with E-state index in [0.717, 1.165) is 18.4 Å². The van der Waals surface area contributed by atoms with Crippen molar-refractivity contribution < 1.29 is 19.1 Å². The minimum absolute atomic E-state index is 0.0403. The van der Waals surface area contributed by atoms with Crippen LogP contribution in [0.25, 0.3) is 0 Å². The molecule has 6 heteroatoms. The van der Waals surface area contributed by atoms with Gasteiger partial charge in [0.2, 0.25) is 0 Å². The first kappa shape index (κ1) is 17.1. The molecule has 1 aromatic carbocycles. The average Bonchev–Trinajstić information content (AvgIpc) is 3.05. The second-order valence-electron chi connectivity index (χ2n) is 6.26. The van der Waals surface area contributed by atoms with Crippen molar-refractivity contribution in [3.8, 4) is 0 Å². The molecule has 0 spiro atoms. The van der Waals surface area contributed by atoms with E-state index < -0.39 is 12.3 Å². The van der Waals surface area contributed by atoms with Crippen molar-refractivity contribution in [1.29, 1.82) is 0 Å². The van der Waals surface area contributed by atoms with Gasteiger partial charge in [-0.25, -0.2) is 4.79 Å². The zero-order valence-corrected chi connectivity index (χ0v) is 14.5. The number of ether oxygens (including phenoxy) is 2. The fraction of sp³-hybridized carbons (Fsp3) is 0.556. The third-order valence-electron chi connectivity index (χ3n) is 4.68. The lowest BCUT2D eigenvalue weighted by molar-refractivity contribution is -0.139. The van der Waals surface area contributed by atoms with Crippen molar-refractivity contribution in [3.05, 3.63) is 35.9 Å². The first-order chi connectivity index (χ1) is 11.8. The Morgan fingerprint density at radius 2 is 1.96 bits per heavy atom. The van der Waals surface area contributed by atoms with E-state index in [9.17, 15) is 9.59 Å². The highest BCUT2D eigenvalue weighted by atomic mass is 32.2. The Balaban J connectivity index is 1.66. The molecule has 130 valence electrons. The summed E-state index contributed by atoms with van der Waals surface area (Å²) in [5.41, 5.74) is 0.944. The van der Waals surface area contributed by atoms with Crippen molar-refractivity contribution in [2.24, 2.45) is 5.92 Å². The largest absolute Gasteiger partial charge is 0.444 e. The molecule has 2 fully saturated rings. The third-order valence-corrected chi connectivity index (χ3v) is 6.11. The minimum atomic E-state index is -0.525. The zero-order valence-electron chi connectivity index (χ0n) is 13.6. The van der Waals surface area contributed by atoms with Crippen LogP contribution in [-0.2, 0) is 20.9 Å². The van der Waals surface area contributed by atoms with Gasteiger partial charge in [0.15, 0.2) is 6.23 Å². The van der Waals surface area contributed by atoms with Crippen LogP contribution < -0.4 is 0 Å². The molecule has 1 heterocycles. The molecule has 0 aromatic heterocycles. The summed E-state index contributed by atoms with van der Waals surface area (Å²) in [7, 11) is 0. The Kier molecular flexibility index (Phi) is 6.01. The van der Waals surface area contributed by atoms with Gasteiger partial charge in [0, 0.05) is 0 Å². The minimum Gasteiger partial charge on any atom is -0.444 e. The van der Waals surface area contributed by atoms with Gasteiger partial charge in [0.05, 0.1) is 11.1 Å². The average molecular weight is 349 g/mol. The fourth-order valence-electron chi connectivity index (χ4n) is 3.47. The Labute approximate surface area is 146 Å². The first-order valence-corrected chi connectivity index (χ1v) is 9.54. The van der Waals surface area contributed by atoms with Gasteiger partial charge in [-0.2, -0.15) is 0 Å². The van der Waals surface area contributed by atoms with E-state index in [0.29, 0.717) is 18.1 Å². The van der Waals surface area contributed by atoms with Crippen LogP contribution in [0.1, 0.15) is 37.7 Å². The van der Waals surface area contributed by atoms with Crippen molar-refractivity contribution in [1.82, 2.24) is 4.90 Å². The molecular formula is C18H23NO4S. The standard InChI is InChI=1S/C18H23NO4S/c20-13-23-16-12-24-17(15-9-5-2-6-10-15)19(16)18(21)22-11-14-7-3-1-4-8-14/h1,3-4,7-8,13,15-17H,2,5-6,9-12H2/t16-,17?/m1/s1. The molecular weight excluding hydrogens is 326 g/mol. The number of carbonyl (C=O) groups excluding carboxylic acids is 2. The molecule has 1 aliphatic heterocycles. The van der Waals surface area contributed by atoms with Gasteiger partial charge < -0.3 is 9.47 Å². The molecule has 2 atom stereocenters. The number of amides is 1. The Morgan fingerprint density at radius 3 is 2.67 bits per heavy atom. The maximum atomic E-state index is 12.7. The van der Waals surface area contributed by atoms with Crippen LogP contribution >= 0.6 is 11.8 Å². The molecule has 0 N–H and O–H groups in total. The quantitative estimate of drug-likeness (QED) is 0.757. The van der Waals surface area contributed by atoms with Crippen LogP contribution in [0.3, 0.4) is 0 Å². The molecule has 3 rings (SSSR count). The molecule has 1 unspecified atom stereocenters. The van der Waals surface area contributed by atoms with Crippen LogP contribution in [0.4, 0.5) is 4.79 Å². The topological polar surface area (TPSA) is 55.8 Å². The predicted molar refractivity (Wildman–Crippen MR) is 92.2 cm³/mol. The highest BCUT2D eigenvalue weighted by molar-refractivity contribution is 8.00. The van der Waals surface area contributed by atoms with Crippen LogP contribution in [-0.4, -0.2) is 34.8 Å². The SMILES string of the molecule is O=CO[C@@H]1CSC(C2CCCCC2)N1C(=O)OCc1ccccc1. The molecule has 2 aliphatic rings. The first-order valence-electron chi connectivity index (χ1n) is 8.49. The lowest BCUT2D eigenvalue weighted by Crippen LogP contribution is -2.46. The maximum Gasteiger partial charge on any atom is 0.413 e. The number of thioether (sulfide) groups is 1. The zero-order chi connectivity index (χ0) is 16.8. The van der Waals surface area contributed by atoms with Crippen LogP contribution in [0, 0.1) is 5.92 Å². The van der Waals surface area contributed by atoms with Crippen molar-refractivity contribution in [3.63, 3.8) is 0 Å². The molecule has 0 bridgehead atoms. The van der Waals surface area contributed by atoms with Crippen molar-refractivity contribution >= 4 is 24.3 Å². The highest BCUT2D eigenvalue weighted by Crippen LogP contribution is 2.40. The summed E-state index contributed by atoms with van der Waals surface area (Å²) in [5, 5.41) is 0.0403. The number of benzene rings is 1. The van der Waals surface area contributed by atoms with E-state index in [1.165, 1.54) is 19.3 Å². The lowest BCUT2D eigenvalue weighted by Gasteiger charge is -2.34. The second kappa shape index (κ2) is 8.42. The van der Waals surface area contributed by atoms with E-state index in [2.05, 4.69) is 0 Å². The monoisotopic (exact) mass is 349 g/mol. The van der Waals surface area contributed by atoms with Crippen molar-refractivity contribution in [2.45, 2.75) is 50.3 Å². The number of nitrogens with zero attached hydrogens (tertiary/aromatic N) is 1. The molecule has 1 saturated carbocycles. The van der Waals surface area contributed by atoms with E-state index in [4.69, 9.17) is 9.47 Å². The van der Waals surface area contributed by atoms with Crippen LogP contribution in [0.5, 0.6) is 0 Å². The second-order valence-corrected chi connectivity index (χ2v) is 7.41. The number of carbonyl (C=O) groups is 2. The van der Waals surface area contributed by atoms with Gasteiger partial charge in [-0.3, -0.25) is 9.69 Å². The normalized spacial score (nSPS) is 24.6. The highest BCUT2D eigenvalue weighted by Gasteiger charge is 2.43. The molecule has 1 aromatic rings. The number of rotatable bonds is 5. The Morgan fingerprint density at radius 1 is 1.21 bits per heavy atom. The molecule has 24 heavy (non-hydrogen) atoms. The maximum absolute atomic E-state index is 12.7. The van der Waals surface area contributed by atoms with Gasteiger partial charge in [-0.15, -0.1) is 11.8 Å². The van der Waals surface area contributed by atoms with E-state index >= 15 is 0 Å². The molecule has 1 aliphatic carbocycles. The van der Waals surface area contributed by atoms with Gasteiger partial charge in [0.25, 0.3) is 6.47 Å². The Bertz CT molecular complexity index is 547. The number of hydrogen-bond donors (Lipinski definition) is 0. The number of hydrogen-bond acceptors (Lipinski definition) is 5. The van der Waals surface area contributed by atoms with Gasteiger partial charge in [-0.1, -0.05) is 49.6 Å².